The Labute approximate surface area is 186 Å². The summed E-state index contributed by atoms with van der Waals surface area (Å²) >= 11 is 0. The molecule has 0 radical (unpaired) electrons. The van der Waals surface area contributed by atoms with E-state index in [1.807, 2.05) is 17.9 Å². The monoisotopic (exact) mass is 437 g/mol. The van der Waals surface area contributed by atoms with E-state index in [9.17, 15) is 9.59 Å². The van der Waals surface area contributed by atoms with Gasteiger partial charge in [0.2, 0.25) is 5.91 Å². The number of hydrogen-bond acceptors (Lipinski definition) is 6. The van der Waals surface area contributed by atoms with E-state index < -0.39 is 0 Å². The van der Waals surface area contributed by atoms with Crippen LogP contribution in [0.3, 0.4) is 0 Å². The smallest absolute Gasteiger partial charge is 0.238 e. The highest BCUT2D eigenvalue weighted by Crippen LogP contribution is 2.29. The summed E-state index contributed by atoms with van der Waals surface area (Å²) in [6.07, 6.45) is 0.668. The molecule has 1 amide bonds. The van der Waals surface area contributed by atoms with Crippen LogP contribution in [0.1, 0.15) is 16.8 Å². The molecule has 8 heteroatoms. The van der Waals surface area contributed by atoms with Crippen molar-refractivity contribution in [2.45, 2.75) is 19.9 Å². The SMILES string of the molecule is COc1ccc(OC)c(NC(=O)CN2CCc3[nH]c4c(C)cc(OC)cc4c(=O)c3C2)c1. The van der Waals surface area contributed by atoms with E-state index in [0.29, 0.717) is 53.4 Å². The third kappa shape index (κ3) is 4.13. The van der Waals surface area contributed by atoms with Crippen LogP contribution in [-0.2, 0) is 17.8 Å². The van der Waals surface area contributed by atoms with Crippen molar-refractivity contribution < 1.29 is 19.0 Å². The van der Waals surface area contributed by atoms with Crippen molar-refractivity contribution >= 4 is 22.5 Å². The predicted molar refractivity (Wildman–Crippen MR) is 123 cm³/mol. The topological polar surface area (TPSA) is 92.9 Å². The van der Waals surface area contributed by atoms with Crippen LogP contribution in [0.2, 0.25) is 0 Å². The van der Waals surface area contributed by atoms with Crippen molar-refractivity contribution in [3.8, 4) is 17.2 Å². The molecule has 0 atom stereocenters. The predicted octanol–water partition coefficient (Wildman–Crippen LogP) is 2.86. The molecule has 1 aliphatic heterocycles. The summed E-state index contributed by atoms with van der Waals surface area (Å²) in [6, 6.07) is 8.91. The van der Waals surface area contributed by atoms with E-state index >= 15 is 0 Å². The van der Waals surface area contributed by atoms with Crippen molar-refractivity contribution in [2.75, 3.05) is 39.7 Å². The molecule has 0 unspecified atom stereocenters. The van der Waals surface area contributed by atoms with E-state index in [1.54, 1.807) is 45.6 Å². The van der Waals surface area contributed by atoms with E-state index in [0.717, 1.165) is 16.8 Å². The molecule has 2 aromatic carbocycles. The van der Waals surface area contributed by atoms with E-state index in [1.165, 1.54) is 0 Å². The summed E-state index contributed by atoms with van der Waals surface area (Å²) in [5, 5.41) is 3.49. The van der Waals surface area contributed by atoms with Gasteiger partial charge in [0.25, 0.3) is 0 Å². The van der Waals surface area contributed by atoms with Gasteiger partial charge in [0.15, 0.2) is 5.43 Å². The first-order valence-corrected chi connectivity index (χ1v) is 10.4. The number of methoxy groups -OCH3 is 3. The molecular weight excluding hydrogens is 410 g/mol. The zero-order chi connectivity index (χ0) is 22.8. The molecule has 1 aliphatic rings. The number of ether oxygens (including phenoxy) is 3. The number of amides is 1. The number of rotatable bonds is 6. The molecule has 8 nitrogen and oxygen atoms in total. The number of nitrogens with zero attached hydrogens (tertiary/aromatic N) is 1. The number of aromatic nitrogens is 1. The van der Waals surface area contributed by atoms with Crippen LogP contribution in [0.15, 0.2) is 35.1 Å². The van der Waals surface area contributed by atoms with Gasteiger partial charge in [0.05, 0.1) is 39.1 Å². The number of carbonyl (C=O) groups is 1. The average Bonchev–Trinajstić information content (AvgIpc) is 2.80. The number of anilines is 1. The highest BCUT2D eigenvalue weighted by atomic mass is 16.5. The number of nitrogens with one attached hydrogen (secondary N) is 2. The molecule has 0 aliphatic carbocycles. The van der Waals surface area contributed by atoms with Crippen LogP contribution in [0, 0.1) is 6.92 Å². The van der Waals surface area contributed by atoms with Crippen LogP contribution in [-0.4, -0.2) is 50.2 Å². The second kappa shape index (κ2) is 8.92. The molecule has 0 bridgehead atoms. The Bertz CT molecular complexity index is 1230. The summed E-state index contributed by atoms with van der Waals surface area (Å²) in [5.74, 6) is 1.64. The minimum atomic E-state index is -0.185. The quantitative estimate of drug-likeness (QED) is 0.616. The maximum atomic E-state index is 13.2. The van der Waals surface area contributed by atoms with Crippen LogP contribution < -0.4 is 25.0 Å². The maximum absolute atomic E-state index is 13.2. The summed E-state index contributed by atoms with van der Waals surface area (Å²) in [7, 11) is 4.70. The van der Waals surface area contributed by atoms with Gasteiger partial charge in [-0.2, -0.15) is 0 Å². The van der Waals surface area contributed by atoms with E-state index in [4.69, 9.17) is 14.2 Å². The van der Waals surface area contributed by atoms with Gasteiger partial charge in [-0.1, -0.05) is 0 Å². The number of carbonyl (C=O) groups excluding carboxylic acids is 1. The summed E-state index contributed by atoms with van der Waals surface area (Å²) in [4.78, 5) is 31.4. The highest BCUT2D eigenvalue weighted by Gasteiger charge is 2.23. The summed E-state index contributed by atoms with van der Waals surface area (Å²) < 4.78 is 15.9. The average molecular weight is 437 g/mol. The van der Waals surface area contributed by atoms with Gasteiger partial charge in [-0.25, -0.2) is 0 Å². The van der Waals surface area contributed by atoms with Gasteiger partial charge in [-0.05, 0) is 36.8 Å². The number of aromatic amines is 1. The zero-order valence-electron chi connectivity index (χ0n) is 18.7. The standard InChI is InChI=1S/C24H27N3O5/c1-14-9-16(31-3)10-17-23(14)26-19-7-8-27(12-18(19)24(17)29)13-22(28)25-20-11-15(30-2)5-6-21(20)32-4/h5-6,9-11H,7-8,12-13H2,1-4H3,(H,25,28)(H,26,29). The molecule has 2 N–H and O–H groups in total. The minimum Gasteiger partial charge on any atom is -0.497 e. The molecule has 0 spiro atoms. The number of aryl methyl sites for hydroxylation is 1. The van der Waals surface area contributed by atoms with Crippen LogP contribution >= 0.6 is 0 Å². The van der Waals surface area contributed by atoms with E-state index in [2.05, 4.69) is 10.3 Å². The van der Waals surface area contributed by atoms with Gasteiger partial charge >= 0.3 is 0 Å². The Hall–Kier alpha value is -3.52. The van der Waals surface area contributed by atoms with Crippen molar-refractivity contribution in [1.82, 2.24) is 9.88 Å². The lowest BCUT2D eigenvalue weighted by molar-refractivity contribution is -0.117. The molecular formula is C24H27N3O5. The molecule has 0 saturated carbocycles. The Morgan fingerprint density at radius 2 is 1.88 bits per heavy atom. The highest BCUT2D eigenvalue weighted by molar-refractivity contribution is 5.94. The largest absolute Gasteiger partial charge is 0.497 e. The number of fused-ring (bicyclic) bond motifs is 2. The third-order valence-electron chi connectivity index (χ3n) is 5.81. The number of H-pyrrole nitrogens is 1. The zero-order valence-corrected chi connectivity index (χ0v) is 18.7. The number of benzene rings is 2. The van der Waals surface area contributed by atoms with Crippen molar-refractivity contribution in [2.24, 2.45) is 0 Å². The lowest BCUT2D eigenvalue weighted by Crippen LogP contribution is -2.39. The first-order valence-electron chi connectivity index (χ1n) is 10.4. The number of hydrogen-bond donors (Lipinski definition) is 2. The third-order valence-corrected chi connectivity index (χ3v) is 5.81. The molecule has 0 saturated heterocycles. The van der Waals surface area contributed by atoms with Gasteiger partial charge in [-0.3, -0.25) is 14.5 Å². The second-order valence-corrected chi connectivity index (χ2v) is 7.85. The summed E-state index contributed by atoms with van der Waals surface area (Å²) in [6.45, 7) is 3.19. The molecule has 0 fully saturated rings. The van der Waals surface area contributed by atoms with Crippen molar-refractivity contribution in [1.29, 1.82) is 0 Å². The first kappa shape index (κ1) is 21.7. The lowest BCUT2D eigenvalue weighted by Gasteiger charge is -2.28. The Balaban J connectivity index is 1.55. The van der Waals surface area contributed by atoms with Gasteiger partial charge in [-0.15, -0.1) is 0 Å². The Morgan fingerprint density at radius 3 is 2.59 bits per heavy atom. The molecule has 168 valence electrons. The Morgan fingerprint density at radius 1 is 1.09 bits per heavy atom. The molecule has 32 heavy (non-hydrogen) atoms. The van der Waals surface area contributed by atoms with Crippen LogP contribution in [0.5, 0.6) is 17.2 Å². The fourth-order valence-corrected chi connectivity index (χ4v) is 4.14. The summed E-state index contributed by atoms with van der Waals surface area (Å²) in [5.41, 5.74) is 3.96. The van der Waals surface area contributed by atoms with Gasteiger partial charge in [0, 0.05) is 42.2 Å². The second-order valence-electron chi connectivity index (χ2n) is 7.85. The lowest BCUT2D eigenvalue weighted by atomic mass is 10.0. The van der Waals surface area contributed by atoms with Crippen LogP contribution in [0.4, 0.5) is 5.69 Å². The molecule has 2 heterocycles. The van der Waals surface area contributed by atoms with Gasteiger partial charge in [0.1, 0.15) is 17.2 Å². The fourth-order valence-electron chi connectivity index (χ4n) is 4.14. The normalized spacial score (nSPS) is 13.5. The van der Waals surface area contributed by atoms with E-state index in [-0.39, 0.29) is 17.9 Å². The van der Waals surface area contributed by atoms with Gasteiger partial charge < -0.3 is 24.5 Å². The molecule has 4 rings (SSSR count). The molecule has 1 aromatic heterocycles. The van der Waals surface area contributed by atoms with Crippen molar-refractivity contribution in [3.05, 3.63) is 57.4 Å². The van der Waals surface area contributed by atoms with Crippen molar-refractivity contribution in [3.63, 3.8) is 0 Å². The fraction of sp³-hybridized carbons (Fsp3) is 0.333. The van der Waals surface area contributed by atoms with Crippen LogP contribution in [0.25, 0.3) is 10.9 Å². The number of pyridine rings is 1. The molecule has 3 aromatic rings. The minimum absolute atomic E-state index is 0.0182. The first-order chi connectivity index (χ1) is 15.4. The maximum Gasteiger partial charge on any atom is 0.238 e. The Kier molecular flexibility index (Phi) is 6.05.